The summed E-state index contributed by atoms with van der Waals surface area (Å²) in [5, 5.41) is 7.95. The van der Waals surface area contributed by atoms with Crippen molar-refractivity contribution in [2.45, 2.75) is 6.92 Å². The van der Waals surface area contributed by atoms with Crippen LogP contribution in [-0.2, 0) is 13.6 Å². The van der Waals surface area contributed by atoms with Crippen LogP contribution in [0.5, 0.6) is 0 Å². The summed E-state index contributed by atoms with van der Waals surface area (Å²) in [5.41, 5.74) is 0. The zero-order valence-corrected chi connectivity index (χ0v) is 5.84. The van der Waals surface area contributed by atoms with Crippen LogP contribution in [0, 0.1) is 0 Å². The lowest BCUT2D eigenvalue weighted by Gasteiger charge is -2.19. The van der Waals surface area contributed by atoms with Crippen molar-refractivity contribution in [3.63, 3.8) is 0 Å². The zero-order valence-electron chi connectivity index (χ0n) is 4.94. The summed E-state index contributed by atoms with van der Waals surface area (Å²) in [6, 6.07) is 0. The van der Waals surface area contributed by atoms with Crippen molar-refractivity contribution < 1.29 is 23.6 Å². The predicted octanol–water partition coefficient (Wildman–Crippen LogP) is -0.542. The van der Waals surface area contributed by atoms with Crippen molar-refractivity contribution in [3.8, 4) is 0 Å². The third-order valence-electron chi connectivity index (χ3n) is 0.503. The molecule has 9 heavy (non-hydrogen) atoms. The lowest BCUT2D eigenvalue weighted by molar-refractivity contribution is -0.230. The molecule has 0 bridgehead atoms. The fraction of sp³-hybridized carbons (Fsp3) is 1.00. The van der Waals surface area contributed by atoms with Gasteiger partial charge in [0.2, 0.25) is 0 Å². The van der Waals surface area contributed by atoms with E-state index in [0.29, 0.717) is 0 Å². The van der Waals surface area contributed by atoms with Crippen LogP contribution in [0.2, 0.25) is 0 Å². The van der Waals surface area contributed by atoms with Crippen molar-refractivity contribution in [3.05, 3.63) is 0 Å². The van der Waals surface area contributed by atoms with Gasteiger partial charge in [0.25, 0.3) is 7.82 Å². The van der Waals surface area contributed by atoms with E-state index < -0.39 is 14.6 Å². The quantitative estimate of drug-likeness (QED) is 0.435. The fourth-order valence-corrected chi connectivity index (χ4v) is 0.798. The van der Waals surface area contributed by atoms with E-state index in [1.807, 2.05) is 0 Å². The van der Waals surface area contributed by atoms with Gasteiger partial charge in [-0.2, -0.15) is 0 Å². The molecule has 1 atom stereocenters. The van der Waals surface area contributed by atoms with Gasteiger partial charge in [0.15, 0.2) is 6.79 Å². The molecule has 1 N–H and O–H groups in total. The fourth-order valence-electron chi connectivity index (χ4n) is 0.266. The minimum Gasteiger partial charge on any atom is -0.756 e. The van der Waals surface area contributed by atoms with E-state index in [0.717, 1.165) is 0 Å². The van der Waals surface area contributed by atoms with Gasteiger partial charge < -0.3 is 14.5 Å². The molecule has 0 spiro atoms. The summed E-state index contributed by atoms with van der Waals surface area (Å²) in [5.74, 6) is 0. The SMILES string of the molecule is CCOP(=O)([O-])OCO. The van der Waals surface area contributed by atoms with Gasteiger partial charge in [-0.1, -0.05) is 0 Å². The highest BCUT2D eigenvalue weighted by Gasteiger charge is 2.04. The molecule has 0 aliphatic heterocycles. The molecule has 0 amide bonds. The molecule has 0 saturated carbocycles. The van der Waals surface area contributed by atoms with E-state index in [4.69, 9.17) is 5.11 Å². The van der Waals surface area contributed by atoms with Crippen LogP contribution in [-0.4, -0.2) is 18.5 Å². The number of hydrogen-bond acceptors (Lipinski definition) is 5. The minimum atomic E-state index is -4.19. The molecule has 6 heteroatoms. The Morgan fingerprint density at radius 1 is 1.67 bits per heavy atom. The Bertz CT molecular complexity index is 103. The Labute approximate surface area is 52.8 Å². The summed E-state index contributed by atoms with van der Waals surface area (Å²) in [4.78, 5) is 10.3. The van der Waals surface area contributed by atoms with E-state index >= 15 is 0 Å². The predicted molar refractivity (Wildman–Crippen MR) is 27.4 cm³/mol. The second kappa shape index (κ2) is 3.98. The first-order chi connectivity index (χ1) is 4.12. The summed E-state index contributed by atoms with van der Waals surface area (Å²) in [6.07, 6.45) is 0. The Kier molecular flexibility index (Phi) is 4.01. The molecule has 56 valence electrons. The van der Waals surface area contributed by atoms with E-state index in [1.54, 1.807) is 0 Å². The van der Waals surface area contributed by atoms with Crippen LogP contribution in [0.3, 0.4) is 0 Å². The summed E-state index contributed by atoms with van der Waals surface area (Å²) in [6.45, 7) is 0.646. The Morgan fingerprint density at radius 2 is 2.22 bits per heavy atom. The monoisotopic (exact) mass is 155 g/mol. The number of hydrogen-bond donors (Lipinski definition) is 1. The average molecular weight is 155 g/mol. The first kappa shape index (κ1) is 9.07. The van der Waals surface area contributed by atoms with Gasteiger partial charge in [-0.3, -0.25) is 9.09 Å². The number of rotatable bonds is 4. The molecule has 0 radical (unpaired) electrons. The summed E-state index contributed by atoms with van der Waals surface area (Å²) < 4.78 is 18.1. The molecular weight excluding hydrogens is 147 g/mol. The average Bonchev–Trinajstić information content (AvgIpc) is 1.64. The van der Waals surface area contributed by atoms with Gasteiger partial charge in [-0.15, -0.1) is 0 Å². The molecule has 0 aliphatic rings. The van der Waals surface area contributed by atoms with Crippen LogP contribution < -0.4 is 4.89 Å². The molecule has 0 aromatic carbocycles. The summed E-state index contributed by atoms with van der Waals surface area (Å²) >= 11 is 0. The van der Waals surface area contributed by atoms with E-state index in [-0.39, 0.29) is 6.61 Å². The largest absolute Gasteiger partial charge is 0.756 e. The van der Waals surface area contributed by atoms with Crippen molar-refractivity contribution in [2.75, 3.05) is 13.4 Å². The minimum absolute atomic E-state index is 0.0147. The van der Waals surface area contributed by atoms with Crippen molar-refractivity contribution in [1.29, 1.82) is 0 Å². The van der Waals surface area contributed by atoms with Crippen molar-refractivity contribution in [1.82, 2.24) is 0 Å². The van der Waals surface area contributed by atoms with E-state index in [1.165, 1.54) is 6.92 Å². The maximum absolute atomic E-state index is 10.3. The zero-order chi connectivity index (χ0) is 7.33. The van der Waals surface area contributed by atoms with Crippen LogP contribution >= 0.6 is 7.82 Å². The molecule has 0 rings (SSSR count). The highest BCUT2D eigenvalue weighted by molar-refractivity contribution is 7.45. The third-order valence-corrected chi connectivity index (χ3v) is 1.51. The maximum atomic E-state index is 10.3. The normalized spacial score (nSPS) is 17.2. The molecule has 0 aromatic heterocycles. The van der Waals surface area contributed by atoms with Gasteiger partial charge in [0.05, 0.1) is 6.61 Å². The standard InChI is InChI=1S/C3H9O5P/c1-2-7-9(5,6)8-3-4/h4H,2-3H2,1H3,(H,5,6)/p-1. The number of phosphoric ester groups is 1. The van der Waals surface area contributed by atoms with Gasteiger partial charge in [0.1, 0.15) is 0 Å². The van der Waals surface area contributed by atoms with Crippen LogP contribution in [0.1, 0.15) is 6.92 Å². The van der Waals surface area contributed by atoms with Gasteiger partial charge in [-0.25, -0.2) is 0 Å². The second-order valence-corrected chi connectivity index (χ2v) is 2.53. The smallest absolute Gasteiger partial charge is 0.269 e. The van der Waals surface area contributed by atoms with Gasteiger partial charge >= 0.3 is 0 Å². The molecule has 0 aliphatic carbocycles. The Balaban J connectivity index is 3.58. The molecule has 5 nitrogen and oxygen atoms in total. The molecule has 0 aromatic rings. The first-order valence-electron chi connectivity index (χ1n) is 2.33. The van der Waals surface area contributed by atoms with E-state index in [9.17, 15) is 9.46 Å². The maximum Gasteiger partial charge on any atom is 0.269 e. The lowest BCUT2D eigenvalue weighted by Crippen LogP contribution is -2.08. The number of aliphatic hydroxyl groups is 1. The van der Waals surface area contributed by atoms with Crippen molar-refractivity contribution in [2.24, 2.45) is 0 Å². The molecule has 1 unspecified atom stereocenters. The Hall–Kier alpha value is 0.0700. The highest BCUT2D eigenvalue weighted by Crippen LogP contribution is 2.36. The molecule has 0 saturated heterocycles. The highest BCUT2D eigenvalue weighted by atomic mass is 31.2. The van der Waals surface area contributed by atoms with Gasteiger partial charge in [-0.05, 0) is 6.92 Å². The summed E-state index contributed by atoms with van der Waals surface area (Å²) in [7, 11) is -4.19. The number of aliphatic hydroxyl groups excluding tert-OH is 1. The molecule has 0 heterocycles. The van der Waals surface area contributed by atoms with Crippen molar-refractivity contribution >= 4 is 7.82 Å². The van der Waals surface area contributed by atoms with Crippen LogP contribution in [0.25, 0.3) is 0 Å². The number of phosphoric acid groups is 1. The first-order valence-corrected chi connectivity index (χ1v) is 3.79. The second-order valence-electron chi connectivity index (χ2n) is 1.12. The topological polar surface area (TPSA) is 78.8 Å². The Morgan fingerprint density at radius 3 is 2.56 bits per heavy atom. The van der Waals surface area contributed by atoms with Crippen LogP contribution in [0.4, 0.5) is 0 Å². The van der Waals surface area contributed by atoms with Gasteiger partial charge in [0, 0.05) is 0 Å². The van der Waals surface area contributed by atoms with E-state index in [2.05, 4.69) is 9.05 Å². The lowest BCUT2D eigenvalue weighted by atomic mass is 10.9. The third kappa shape index (κ3) is 4.57. The molecule has 0 fully saturated rings. The van der Waals surface area contributed by atoms with Crippen LogP contribution in [0.15, 0.2) is 0 Å². The molecular formula is C3H8O5P-.